The number of nitrogens with zero attached hydrogens (tertiary/aromatic N) is 2. The Morgan fingerprint density at radius 2 is 1.44 bits per heavy atom. The molecule has 25 heavy (non-hydrogen) atoms. The van der Waals surface area contributed by atoms with Gasteiger partial charge in [0.1, 0.15) is 5.82 Å². The van der Waals surface area contributed by atoms with Crippen LogP contribution in [0, 0.1) is 0 Å². The van der Waals surface area contributed by atoms with Crippen molar-refractivity contribution in [2.75, 3.05) is 0 Å². The van der Waals surface area contributed by atoms with E-state index in [2.05, 4.69) is 78.1 Å². The molecule has 130 valence electrons. The summed E-state index contributed by atoms with van der Waals surface area (Å²) in [6, 6.07) is 17.3. The number of para-hydroxylation sites is 1. The van der Waals surface area contributed by atoms with E-state index in [1.165, 1.54) is 48.1 Å². The fourth-order valence-corrected chi connectivity index (χ4v) is 3.38. The average molecular weight is 332 g/mol. The van der Waals surface area contributed by atoms with Crippen molar-refractivity contribution < 1.29 is 0 Å². The normalized spacial score (nSPS) is 11.0. The molecule has 0 radical (unpaired) electrons. The summed E-state index contributed by atoms with van der Waals surface area (Å²) in [5, 5.41) is 0. The van der Waals surface area contributed by atoms with Gasteiger partial charge in [0.15, 0.2) is 0 Å². The first kappa shape index (κ1) is 17.5. The van der Waals surface area contributed by atoms with Crippen LogP contribution in [0.3, 0.4) is 0 Å². The maximum Gasteiger partial charge on any atom is 0.144 e. The van der Waals surface area contributed by atoms with E-state index in [9.17, 15) is 0 Å². The smallest absolute Gasteiger partial charge is 0.144 e. The Morgan fingerprint density at radius 3 is 2.04 bits per heavy atom. The minimum Gasteiger partial charge on any atom is -0.299 e. The predicted octanol–water partition coefficient (Wildman–Crippen LogP) is 6.22. The molecule has 0 unspecified atom stereocenters. The molecule has 0 saturated carbocycles. The molecule has 2 heteroatoms. The van der Waals surface area contributed by atoms with E-state index in [-0.39, 0.29) is 0 Å². The molecule has 2 nitrogen and oxygen atoms in total. The quantitative estimate of drug-likeness (QED) is 0.478. The second kappa shape index (κ2) is 8.66. The third kappa shape index (κ3) is 4.01. The zero-order valence-corrected chi connectivity index (χ0v) is 15.4. The van der Waals surface area contributed by atoms with Crippen LogP contribution >= 0.6 is 0 Å². The molecule has 3 aromatic rings. The van der Waals surface area contributed by atoms with E-state index in [0.717, 1.165) is 18.7 Å². The summed E-state index contributed by atoms with van der Waals surface area (Å²) in [6.07, 6.45) is 11.2. The lowest BCUT2D eigenvalue weighted by molar-refractivity contribution is 0.769. The Bertz CT molecular complexity index is 761. The highest BCUT2D eigenvalue weighted by Crippen LogP contribution is 2.28. The van der Waals surface area contributed by atoms with E-state index in [1.807, 2.05) is 6.20 Å². The van der Waals surface area contributed by atoms with E-state index >= 15 is 0 Å². The lowest BCUT2D eigenvalue weighted by Crippen LogP contribution is -2.06. The Balaban J connectivity index is 2.10. The lowest BCUT2D eigenvalue weighted by Gasteiger charge is -2.18. The molecule has 0 atom stereocenters. The lowest BCUT2D eigenvalue weighted by atomic mass is 9.98. The van der Waals surface area contributed by atoms with Gasteiger partial charge in [-0.25, -0.2) is 4.98 Å². The Kier molecular flexibility index (Phi) is 6.05. The molecular formula is C23H28N2. The van der Waals surface area contributed by atoms with Crippen molar-refractivity contribution in [1.29, 1.82) is 0 Å². The number of imidazole rings is 1. The van der Waals surface area contributed by atoms with Crippen LogP contribution in [0.15, 0.2) is 60.9 Å². The highest BCUT2D eigenvalue weighted by atomic mass is 15.1. The van der Waals surface area contributed by atoms with Crippen LogP contribution in [0.25, 0.3) is 17.1 Å². The Morgan fingerprint density at radius 1 is 0.800 bits per heavy atom. The van der Waals surface area contributed by atoms with Gasteiger partial charge in [0.05, 0.1) is 5.69 Å². The zero-order valence-electron chi connectivity index (χ0n) is 15.4. The monoisotopic (exact) mass is 332 g/mol. The average Bonchev–Trinajstić information content (AvgIpc) is 3.14. The minimum absolute atomic E-state index is 1.03. The van der Waals surface area contributed by atoms with Crippen LogP contribution in [-0.2, 0) is 12.8 Å². The van der Waals surface area contributed by atoms with Crippen LogP contribution in [0.4, 0.5) is 0 Å². The number of aromatic nitrogens is 2. The van der Waals surface area contributed by atoms with Crippen LogP contribution < -0.4 is 0 Å². The topological polar surface area (TPSA) is 17.8 Å². The van der Waals surface area contributed by atoms with Gasteiger partial charge in [0.25, 0.3) is 0 Å². The molecule has 0 aliphatic heterocycles. The van der Waals surface area contributed by atoms with Crippen molar-refractivity contribution in [2.45, 2.75) is 52.4 Å². The van der Waals surface area contributed by atoms with Gasteiger partial charge in [-0.05, 0) is 36.8 Å². The maximum atomic E-state index is 4.67. The van der Waals surface area contributed by atoms with E-state index in [4.69, 9.17) is 0 Å². The number of unbranched alkanes of at least 4 members (excludes halogenated alkanes) is 2. The Hall–Kier alpha value is -2.35. The van der Waals surface area contributed by atoms with Gasteiger partial charge in [-0.3, -0.25) is 4.57 Å². The predicted molar refractivity (Wildman–Crippen MR) is 106 cm³/mol. The summed E-state index contributed by atoms with van der Waals surface area (Å²) >= 11 is 0. The Labute approximate surface area is 151 Å². The van der Waals surface area contributed by atoms with Gasteiger partial charge in [0, 0.05) is 18.0 Å². The number of hydrogen-bond acceptors (Lipinski definition) is 1. The molecule has 1 heterocycles. The fourth-order valence-electron chi connectivity index (χ4n) is 3.38. The molecule has 0 bridgehead atoms. The van der Waals surface area contributed by atoms with Crippen LogP contribution in [0.5, 0.6) is 0 Å². The third-order valence-corrected chi connectivity index (χ3v) is 4.72. The first-order valence-corrected chi connectivity index (χ1v) is 9.55. The fraction of sp³-hybridized carbons (Fsp3) is 0.348. The van der Waals surface area contributed by atoms with E-state index in [1.54, 1.807) is 0 Å². The molecule has 0 aliphatic carbocycles. The summed E-state index contributed by atoms with van der Waals surface area (Å²) in [5.74, 6) is 1.03. The van der Waals surface area contributed by atoms with Crippen LogP contribution in [0.1, 0.15) is 50.7 Å². The van der Waals surface area contributed by atoms with Crippen molar-refractivity contribution in [3.8, 4) is 17.1 Å². The minimum atomic E-state index is 1.03. The number of aryl methyl sites for hydroxylation is 2. The summed E-state index contributed by atoms with van der Waals surface area (Å²) in [4.78, 5) is 4.67. The molecule has 1 aromatic heterocycles. The molecule has 2 aromatic carbocycles. The van der Waals surface area contributed by atoms with Crippen molar-refractivity contribution in [1.82, 2.24) is 9.55 Å². The van der Waals surface area contributed by atoms with Crippen molar-refractivity contribution >= 4 is 0 Å². The molecule has 3 rings (SSSR count). The summed E-state index contributed by atoms with van der Waals surface area (Å²) in [6.45, 7) is 4.51. The van der Waals surface area contributed by atoms with Gasteiger partial charge in [0.2, 0.25) is 0 Å². The second-order valence-corrected chi connectivity index (χ2v) is 6.62. The van der Waals surface area contributed by atoms with Crippen molar-refractivity contribution in [2.24, 2.45) is 0 Å². The van der Waals surface area contributed by atoms with Gasteiger partial charge in [-0.1, -0.05) is 75.2 Å². The second-order valence-electron chi connectivity index (χ2n) is 6.62. The van der Waals surface area contributed by atoms with Crippen molar-refractivity contribution in [3.63, 3.8) is 0 Å². The maximum absolute atomic E-state index is 4.67. The number of benzene rings is 2. The highest BCUT2D eigenvalue weighted by Gasteiger charge is 2.14. The summed E-state index contributed by atoms with van der Waals surface area (Å²) in [5.41, 5.74) is 5.39. The SMILES string of the molecule is CCCCc1cccc(CCCC)c1-n1ccnc1-c1ccccc1. The van der Waals surface area contributed by atoms with Crippen molar-refractivity contribution in [3.05, 3.63) is 72.1 Å². The standard InChI is InChI=1S/C23H28N2/c1-3-5-11-19-15-10-16-20(12-6-4-2)22(19)25-18-17-24-23(25)21-13-8-7-9-14-21/h7-10,13-18H,3-6,11-12H2,1-2H3. The van der Waals surface area contributed by atoms with Gasteiger partial charge >= 0.3 is 0 Å². The van der Waals surface area contributed by atoms with E-state index < -0.39 is 0 Å². The summed E-state index contributed by atoms with van der Waals surface area (Å²) in [7, 11) is 0. The van der Waals surface area contributed by atoms with Gasteiger partial charge in [-0.15, -0.1) is 0 Å². The molecule has 0 N–H and O–H groups in total. The van der Waals surface area contributed by atoms with Crippen LogP contribution in [-0.4, -0.2) is 9.55 Å². The zero-order chi connectivity index (χ0) is 17.5. The molecule has 0 amide bonds. The molecule has 0 fully saturated rings. The van der Waals surface area contributed by atoms with Gasteiger partial charge < -0.3 is 0 Å². The van der Waals surface area contributed by atoms with Crippen LogP contribution in [0.2, 0.25) is 0 Å². The third-order valence-electron chi connectivity index (χ3n) is 4.72. The molecule has 0 aliphatic rings. The first-order chi connectivity index (χ1) is 12.3. The van der Waals surface area contributed by atoms with E-state index in [0.29, 0.717) is 0 Å². The highest BCUT2D eigenvalue weighted by molar-refractivity contribution is 5.61. The number of rotatable bonds is 8. The number of hydrogen-bond donors (Lipinski definition) is 0. The molecule has 0 saturated heterocycles. The molecule has 0 spiro atoms. The largest absolute Gasteiger partial charge is 0.299 e. The first-order valence-electron chi connectivity index (χ1n) is 9.55. The van der Waals surface area contributed by atoms with Gasteiger partial charge in [-0.2, -0.15) is 0 Å². The summed E-state index contributed by atoms with van der Waals surface area (Å²) < 4.78 is 2.30. The molecular weight excluding hydrogens is 304 g/mol.